The zero-order chi connectivity index (χ0) is 13.8. The number of nitrogens with one attached hydrogen (secondary N) is 1. The highest BCUT2D eigenvalue weighted by molar-refractivity contribution is 5.82. The molecule has 0 saturated heterocycles. The van der Waals surface area contributed by atoms with Crippen LogP contribution in [0.5, 0.6) is 0 Å². The maximum absolute atomic E-state index is 8.95. The number of hydrogen-bond donors (Lipinski definition) is 1. The molecule has 0 unspecified atom stereocenters. The molecule has 0 spiro atoms. The number of benzene rings is 1. The van der Waals surface area contributed by atoms with Gasteiger partial charge in [0.2, 0.25) is 0 Å². The van der Waals surface area contributed by atoms with Crippen molar-refractivity contribution in [3.05, 3.63) is 41.3 Å². The Kier molecular flexibility index (Phi) is 3.19. The number of nitriles is 3. The van der Waals surface area contributed by atoms with E-state index >= 15 is 0 Å². The van der Waals surface area contributed by atoms with Crippen LogP contribution in [0, 0.1) is 40.9 Å². The lowest BCUT2D eigenvalue weighted by Crippen LogP contribution is -2.00. The van der Waals surface area contributed by atoms with E-state index in [0.29, 0.717) is 5.69 Å². The molecule has 0 aliphatic carbocycles. The number of allylic oxidation sites excluding steroid dienone is 2. The molecule has 0 aliphatic rings. The van der Waals surface area contributed by atoms with Crippen molar-refractivity contribution in [3.63, 3.8) is 0 Å². The fourth-order valence-corrected chi connectivity index (χ4v) is 1.68. The van der Waals surface area contributed by atoms with E-state index in [1.165, 1.54) is 0 Å². The van der Waals surface area contributed by atoms with Crippen LogP contribution in [0.25, 0.3) is 11.0 Å². The Morgan fingerprint density at radius 1 is 1.11 bits per heavy atom. The third kappa shape index (κ3) is 2.39. The molecule has 0 saturated carbocycles. The first-order chi connectivity index (χ1) is 9.17. The van der Waals surface area contributed by atoms with Gasteiger partial charge in [-0.15, -0.1) is 0 Å². The van der Waals surface area contributed by atoms with Crippen molar-refractivity contribution in [2.75, 3.05) is 5.32 Å². The van der Waals surface area contributed by atoms with Gasteiger partial charge in [0.15, 0.2) is 5.57 Å². The molecule has 2 rings (SSSR count). The third-order valence-corrected chi connectivity index (χ3v) is 2.49. The van der Waals surface area contributed by atoms with Crippen molar-refractivity contribution in [2.24, 2.45) is 0 Å². The van der Waals surface area contributed by atoms with Gasteiger partial charge in [-0.2, -0.15) is 15.8 Å². The second kappa shape index (κ2) is 4.96. The Morgan fingerprint density at radius 2 is 1.84 bits per heavy atom. The molecule has 19 heavy (non-hydrogen) atoms. The Hall–Kier alpha value is -3.23. The molecule has 1 aromatic carbocycles. The number of fused-ring (bicyclic) bond motifs is 1. The average Bonchev–Trinajstić information content (AvgIpc) is 2.78. The van der Waals surface area contributed by atoms with Crippen molar-refractivity contribution < 1.29 is 4.42 Å². The number of aryl methyl sites for hydroxylation is 1. The van der Waals surface area contributed by atoms with Crippen molar-refractivity contribution >= 4 is 16.7 Å². The number of furan rings is 1. The zero-order valence-corrected chi connectivity index (χ0v) is 10.1. The summed E-state index contributed by atoms with van der Waals surface area (Å²) < 4.78 is 5.43. The van der Waals surface area contributed by atoms with Gasteiger partial charge in [0.05, 0.1) is 0 Å². The molecule has 1 N–H and O–H groups in total. The van der Waals surface area contributed by atoms with E-state index in [1.54, 1.807) is 36.4 Å². The van der Waals surface area contributed by atoms with Crippen LogP contribution >= 0.6 is 0 Å². The minimum Gasteiger partial charge on any atom is -0.461 e. The van der Waals surface area contributed by atoms with Crippen molar-refractivity contribution in [1.82, 2.24) is 0 Å². The highest BCUT2D eigenvalue weighted by Gasteiger charge is 2.07. The van der Waals surface area contributed by atoms with Crippen LogP contribution in [0.1, 0.15) is 5.76 Å². The molecule has 0 radical (unpaired) electrons. The average molecular weight is 248 g/mol. The van der Waals surface area contributed by atoms with Crippen LogP contribution in [0.15, 0.2) is 40.0 Å². The van der Waals surface area contributed by atoms with Gasteiger partial charge in [0.1, 0.15) is 35.2 Å². The second-order valence-electron chi connectivity index (χ2n) is 3.82. The maximum Gasteiger partial charge on any atom is 0.163 e. The summed E-state index contributed by atoms with van der Waals surface area (Å²) in [6.07, 6.45) is 0. The monoisotopic (exact) mass is 248 g/mol. The molecule has 0 aliphatic heterocycles. The molecule has 0 amide bonds. The van der Waals surface area contributed by atoms with E-state index in [0.717, 1.165) is 16.7 Å². The van der Waals surface area contributed by atoms with Crippen LogP contribution in [-0.4, -0.2) is 0 Å². The molecule has 90 valence electrons. The number of hydrogen-bond acceptors (Lipinski definition) is 5. The zero-order valence-electron chi connectivity index (χ0n) is 10.1. The van der Waals surface area contributed by atoms with Crippen LogP contribution in [0.3, 0.4) is 0 Å². The van der Waals surface area contributed by atoms with Crippen LogP contribution in [0.2, 0.25) is 0 Å². The van der Waals surface area contributed by atoms with Gasteiger partial charge >= 0.3 is 0 Å². The highest BCUT2D eigenvalue weighted by Crippen LogP contribution is 2.23. The van der Waals surface area contributed by atoms with Gasteiger partial charge in [0, 0.05) is 11.1 Å². The summed E-state index contributed by atoms with van der Waals surface area (Å²) in [5, 5.41) is 30.1. The molecule has 5 heteroatoms. The third-order valence-electron chi connectivity index (χ3n) is 2.49. The molecule has 2 aromatic rings. The summed E-state index contributed by atoms with van der Waals surface area (Å²) >= 11 is 0. The van der Waals surface area contributed by atoms with E-state index in [4.69, 9.17) is 20.2 Å². The number of nitrogens with zero attached hydrogens (tertiary/aromatic N) is 3. The summed E-state index contributed by atoms with van der Waals surface area (Å²) in [4.78, 5) is 0. The smallest absolute Gasteiger partial charge is 0.163 e. The van der Waals surface area contributed by atoms with Gasteiger partial charge in [-0.1, -0.05) is 0 Å². The molecule has 0 fully saturated rings. The summed E-state index contributed by atoms with van der Waals surface area (Å²) in [6.45, 7) is 1.84. The minimum atomic E-state index is -0.244. The summed E-state index contributed by atoms with van der Waals surface area (Å²) in [5.41, 5.74) is 1.05. The van der Waals surface area contributed by atoms with Gasteiger partial charge < -0.3 is 9.73 Å². The summed E-state index contributed by atoms with van der Waals surface area (Å²) in [6, 6.07) is 12.3. The Bertz CT molecular complexity index is 777. The minimum absolute atomic E-state index is 0.0652. The largest absolute Gasteiger partial charge is 0.461 e. The molecule has 5 nitrogen and oxygen atoms in total. The summed E-state index contributed by atoms with van der Waals surface area (Å²) in [5.74, 6) is 0.790. The maximum atomic E-state index is 8.95. The van der Waals surface area contributed by atoms with Gasteiger partial charge in [-0.25, -0.2) is 0 Å². The standard InChI is InChI=1S/C14H8N4O/c1-9-4-10-5-12(2-3-14(10)19-9)18-13(8-17)11(6-15)7-16/h2-5,18H,1H3. The van der Waals surface area contributed by atoms with Crippen LogP contribution in [-0.2, 0) is 0 Å². The molecular weight excluding hydrogens is 240 g/mol. The lowest BCUT2D eigenvalue weighted by atomic mass is 10.2. The quantitative estimate of drug-likeness (QED) is 0.824. The highest BCUT2D eigenvalue weighted by atomic mass is 16.3. The lowest BCUT2D eigenvalue weighted by molar-refractivity contribution is 0.578. The fourth-order valence-electron chi connectivity index (χ4n) is 1.68. The van der Waals surface area contributed by atoms with E-state index in [2.05, 4.69) is 5.32 Å². The second-order valence-corrected chi connectivity index (χ2v) is 3.82. The summed E-state index contributed by atoms with van der Waals surface area (Å²) in [7, 11) is 0. The fraction of sp³-hybridized carbons (Fsp3) is 0.0714. The normalized spacial score (nSPS) is 9.16. The topological polar surface area (TPSA) is 96.5 Å². The van der Waals surface area contributed by atoms with Crippen LogP contribution in [0.4, 0.5) is 5.69 Å². The van der Waals surface area contributed by atoms with Gasteiger partial charge in [-0.05, 0) is 31.2 Å². The van der Waals surface area contributed by atoms with E-state index < -0.39 is 0 Å². The Labute approximate surface area is 109 Å². The molecule has 1 aromatic heterocycles. The van der Waals surface area contributed by atoms with Crippen LogP contribution < -0.4 is 5.32 Å². The van der Waals surface area contributed by atoms with E-state index in [-0.39, 0.29) is 11.3 Å². The first-order valence-corrected chi connectivity index (χ1v) is 5.39. The van der Waals surface area contributed by atoms with Gasteiger partial charge in [-0.3, -0.25) is 0 Å². The van der Waals surface area contributed by atoms with Crippen molar-refractivity contribution in [3.8, 4) is 18.2 Å². The first kappa shape index (κ1) is 12.2. The van der Waals surface area contributed by atoms with E-state index in [1.807, 2.05) is 13.0 Å². The Balaban J connectivity index is 2.42. The predicted octanol–water partition coefficient (Wildman–Crippen LogP) is 2.98. The molecular formula is C14H8N4O. The Morgan fingerprint density at radius 3 is 2.47 bits per heavy atom. The van der Waals surface area contributed by atoms with Gasteiger partial charge in [0.25, 0.3) is 0 Å². The molecule has 1 heterocycles. The number of rotatable bonds is 2. The first-order valence-electron chi connectivity index (χ1n) is 5.39. The van der Waals surface area contributed by atoms with Crippen molar-refractivity contribution in [1.29, 1.82) is 15.8 Å². The molecule has 0 bridgehead atoms. The van der Waals surface area contributed by atoms with E-state index in [9.17, 15) is 0 Å². The number of anilines is 1. The predicted molar refractivity (Wildman–Crippen MR) is 68.4 cm³/mol. The van der Waals surface area contributed by atoms with Crippen molar-refractivity contribution in [2.45, 2.75) is 6.92 Å². The lowest BCUT2D eigenvalue weighted by Gasteiger charge is -2.03. The SMILES string of the molecule is Cc1cc2cc(NC(C#N)=C(C#N)C#N)ccc2o1. The molecule has 0 atom stereocenters.